The van der Waals surface area contributed by atoms with Crippen LogP contribution in [0.4, 0.5) is 0 Å². The summed E-state index contributed by atoms with van der Waals surface area (Å²) in [7, 11) is -3.18. The summed E-state index contributed by atoms with van der Waals surface area (Å²) < 4.78 is 23.5. The molecule has 2 fully saturated rings. The fraction of sp³-hybridized carbons (Fsp3) is 0.933. The maximum Gasteiger partial charge on any atom is 0.152 e. The van der Waals surface area contributed by atoms with Crippen LogP contribution in [0, 0.1) is 28.1 Å². The van der Waals surface area contributed by atoms with E-state index in [-0.39, 0.29) is 23.3 Å². The van der Waals surface area contributed by atoms with E-state index >= 15 is 0 Å². The molecule has 0 amide bonds. The molecule has 5 heteroatoms. The van der Waals surface area contributed by atoms with Gasteiger partial charge in [0.05, 0.1) is 23.2 Å². The predicted octanol–water partition coefficient (Wildman–Crippen LogP) is 2.28. The summed E-state index contributed by atoms with van der Waals surface area (Å²) in [5.41, 5.74) is -2.02. The Balaban J connectivity index is 2.19. The molecular weight excluding hydrogens is 274 g/mol. The average molecular weight is 299 g/mol. The molecule has 1 atom stereocenters. The third kappa shape index (κ3) is 2.60. The molecule has 1 saturated carbocycles. The van der Waals surface area contributed by atoms with Crippen LogP contribution in [0.25, 0.3) is 0 Å². The van der Waals surface area contributed by atoms with Crippen molar-refractivity contribution in [1.82, 2.24) is 0 Å². The number of rotatable bonds is 1. The number of nitrogens with zero attached hydrogens (tertiary/aromatic N) is 1. The van der Waals surface area contributed by atoms with E-state index in [0.717, 1.165) is 12.8 Å². The molecule has 0 aromatic carbocycles. The normalized spacial score (nSPS) is 41.2. The van der Waals surface area contributed by atoms with Crippen molar-refractivity contribution in [3.8, 4) is 6.07 Å². The van der Waals surface area contributed by atoms with E-state index in [0.29, 0.717) is 18.8 Å². The minimum absolute atomic E-state index is 0.0333. The Morgan fingerprint density at radius 2 is 1.75 bits per heavy atom. The summed E-state index contributed by atoms with van der Waals surface area (Å²) in [6, 6.07) is 2.17. The number of hydrogen-bond donors (Lipinski definition) is 1. The first-order chi connectivity index (χ1) is 9.04. The van der Waals surface area contributed by atoms with Gasteiger partial charge in [-0.05, 0) is 43.4 Å². The zero-order chi connectivity index (χ0) is 15.2. The highest BCUT2D eigenvalue weighted by atomic mass is 32.2. The minimum Gasteiger partial charge on any atom is -0.388 e. The smallest absolute Gasteiger partial charge is 0.152 e. The third-order valence-corrected chi connectivity index (χ3v) is 7.21. The van der Waals surface area contributed by atoms with Gasteiger partial charge in [0.1, 0.15) is 5.41 Å². The van der Waals surface area contributed by atoms with Crippen LogP contribution in [0.3, 0.4) is 0 Å². The van der Waals surface area contributed by atoms with Crippen LogP contribution in [0.2, 0.25) is 0 Å². The second-order valence-corrected chi connectivity index (χ2v) is 9.89. The minimum atomic E-state index is -3.18. The second-order valence-electron chi connectivity index (χ2n) is 7.71. The molecule has 20 heavy (non-hydrogen) atoms. The first-order valence-corrected chi connectivity index (χ1v) is 9.20. The predicted molar refractivity (Wildman–Crippen MR) is 77.7 cm³/mol. The molecule has 0 aromatic heterocycles. The van der Waals surface area contributed by atoms with Crippen molar-refractivity contribution in [1.29, 1.82) is 5.26 Å². The monoisotopic (exact) mass is 299 g/mol. The Labute approximate surface area is 122 Å². The standard InChI is InChI=1S/C15H25NO3S/c1-13(2,3)12-4-6-15(17,7-5-12)14(10-16)8-9-20(18,19)11-14/h12,17H,4-9,11H2,1-3H3. The van der Waals surface area contributed by atoms with Crippen molar-refractivity contribution in [2.75, 3.05) is 11.5 Å². The van der Waals surface area contributed by atoms with Gasteiger partial charge in [0.2, 0.25) is 0 Å². The van der Waals surface area contributed by atoms with Crippen LogP contribution in [0.1, 0.15) is 52.9 Å². The number of sulfone groups is 1. The van der Waals surface area contributed by atoms with E-state index in [1.807, 2.05) is 0 Å². The van der Waals surface area contributed by atoms with Crippen LogP contribution in [-0.2, 0) is 9.84 Å². The van der Waals surface area contributed by atoms with Gasteiger partial charge in [0, 0.05) is 0 Å². The van der Waals surface area contributed by atoms with Gasteiger partial charge < -0.3 is 5.11 Å². The summed E-state index contributed by atoms with van der Waals surface area (Å²) in [6.07, 6.45) is 3.09. The van der Waals surface area contributed by atoms with E-state index in [1.165, 1.54) is 0 Å². The lowest BCUT2D eigenvalue weighted by atomic mass is 9.60. The van der Waals surface area contributed by atoms with Crippen LogP contribution >= 0.6 is 0 Å². The lowest BCUT2D eigenvalue weighted by molar-refractivity contribution is -0.0898. The molecule has 4 nitrogen and oxygen atoms in total. The first-order valence-electron chi connectivity index (χ1n) is 7.38. The van der Waals surface area contributed by atoms with Crippen molar-refractivity contribution in [3.63, 3.8) is 0 Å². The summed E-state index contributed by atoms with van der Waals surface area (Å²) >= 11 is 0. The van der Waals surface area contributed by atoms with Crippen molar-refractivity contribution in [2.45, 2.75) is 58.5 Å². The topological polar surface area (TPSA) is 78.2 Å². The maximum absolute atomic E-state index is 11.8. The lowest BCUT2D eigenvalue weighted by Crippen LogP contribution is -2.51. The molecule has 1 heterocycles. The van der Waals surface area contributed by atoms with Crippen LogP contribution in [-0.4, -0.2) is 30.6 Å². The maximum atomic E-state index is 11.8. The van der Waals surface area contributed by atoms with E-state index < -0.39 is 20.9 Å². The highest BCUT2D eigenvalue weighted by Gasteiger charge is 2.57. The number of aliphatic hydroxyl groups is 1. The zero-order valence-corrected chi connectivity index (χ0v) is 13.5. The molecule has 1 aliphatic carbocycles. The quantitative estimate of drug-likeness (QED) is 0.805. The highest BCUT2D eigenvalue weighted by molar-refractivity contribution is 7.91. The van der Waals surface area contributed by atoms with E-state index in [2.05, 4.69) is 26.8 Å². The molecule has 0 bridgehead atoms. The summed E-state index contributed by atoms with van der Waals surface area (Å²) in [6.45, 7) is 6.59. The van der Waals surface area contributed by atoms with Gasteiger partial charge in [-0.15, -0.1) is 0 Å². The number of nitriles is 1. The molecule has 1 aliphatic heterocycles. The first kappa shape index (κ1) is 15.8. The Morgan fingerprint density at radius 1 is 1.20 bits per heavy atom. The van der Waals surface area contributed by atoms with Gasteiger partial charge in [-0.2, -0.15) is 5.26 Å². The van der Waals surface area contributed by atoms with Crippen molar-refractivity contribution in [3.05, 3.63) is 0 Å². The fourth-order valence-electron chi connectivity index (χ4n) is 3.85. The molecule has 2 rings (SSSR count). The van der Waals surface area contributed by atoms with E-state index in [9.17, 15) is 18.8 Å². The van der Waals surface area contributed by atoms with Crippen LogP contribution < -0.4 is 0 Å². The molecule has 1 saturated heterocycles. The third-order valence-electron chi connectivity index (χ3n) is 5.45. The van der Waals surface area contributed by atoms with Gasteiger partial charge >= 0.3 is 0 Å². The molecule has 0 spiro atoms. The zero-order valence-electron chi connectivity index (χ0n) is 12.6. The largest absolute Gasteiger partial charge is 0.388 e. The van der Waals surface area contributed by atoms with Crippen molar-refractivity contribution < 1.29 is 13.5 Å². The molecule has 2 aliphatic rings. The Kier molecular flexibility index (Phi) is 3.71. The second kappa shape index (κ2) is 4.71. The fourth-order valence-corrected chi connectivity index (χ4v) is 5.88. The Morgan fingerprint density at radius 3 is 2.10 bits per heavy atom. The molecular formula is C15H25NO3S. The summed E-state index contributed by atoms with van der Waals surface area (Å²) in [5, 5.41) is 20.5. The van der Waals surface area contributed by atoms with Gasteiger partial charge in [-0.1, -0.05) is 20.8 Å². The lowest BCUT2D eigenvalue weighted by Gasteiger charge is -2.47. The van der Waals surface area contributed by atoms with Crippen LogP contribution in [0.15, 0.2) is 0 Å². The molecule has 0 radical (unpaired) electrons. The van der Waals surface area contributed by atoms with Gasteiger partial charge in [-0.3, -0.25) is 0 Å². The Hall–Kier alpha value is -0.600. The number of hydrogen-bond acceptors (Lipinski definition) is 4. The molecule has 1 unspecified atom stereocenters. The summed E-state index contributed by atoms with van der Waals surface area (Å²) in [5.74, 6) is 0.384. The van der Waals surface area contributed by atoms with Crippen molar-refractivity contribution in [2.24, 2.45) is 16.7 Å². The van der Waals surface area contributed by atoms with Crippen molar-refractivity contribution >= 4 is 9.84 Å². The molecule has 114 valence electrons. The molecule has 0 aromatic rings. The van der Waals surface area contributed by atoms with Gasteiger partial charge in [0.25, 0.3) is 0 Å². The summed E-state index contributed by atoms with van der Waals surface area (Å²) in [4.78, 5) is 0. The Bertz CT molecular complexity index is 518. The average Bonchev–Trinajstić information content (AvgIpc) is 2.66. The SMILES string of the molecule is CC(C)(C)C1CCC(O)(C2(C#N)CCS(=O)(=O)C2)CC1. The van der Waals surface area contributed by atoms with E-state index in [1.54, 1.807) is 0 Å². The molecule has 1 N–H and O–H groups in total. The highest BCUT2D eigenvalue weighted by Crippen LogP contribution is 2.51. The van der Waals surface area contributed by atoms with E-state index in [4.69, 9.17) is 0 Å². The van der Waals surface area contributed by atoms with Crippen LogP contribution in [0.5, 0.6) is 0 Å². The van der Waals surface area contributed by atoms with Gasteiger partial charge in [-0.25, -0.2) is 8.42 Å². The van der Waals surface area contributed by atoms with Gasteiger partial charge in [0.15, 0.2) is 9.84 Å².